The van der Waals surface area contributed by atoms with E-state index in [1.54, 1.807) is 6.20 Å². The summed E-state index contributed by atoms with van der Waals surface area (Å²) in [5, 5.41) is 3.40. The monoisotopic (exact) mass is 283 g/mol. The number of rotatable bonds is 5. The molecule has 1 aromatic heterocycles. The van der Waals surface area contributed by atoms with Crippen LogP contribution in [0.2, 0.25) is 0 Å². The molecule has 1 aromatic rings. The molecule has 1 aliphatic rings. The summed E-state index contributed by atoms with van der Waals surface area (Å²) in [7, 11) is -2.84. The van der Waals surface area contributed by atoms with Crippen LogP contribution in [0, 0.1) is 5.92 Å². The average molecular weight is 283 g/mol. The lowest BCUT2D eigenvalue weighted by atomic mass is 9.93. The second kappa shape index (κ2) is 5.88. The lowest BCUT2D eigenvalue weighted by Gasteiger charge is -2.23. The molecule has 0 amide bonds. The molecule has 19 heavy (non-hydrogen) atoms. The van der Waals surface area contributed by atoms with E-state index in [4.69, 9.17) is 5.73 Å². The molecule has 6 heteroatoms. The van der Waals surface area contributed by atoms with Crippen molar-refractivity contribution in [3.05, 3.63) is 23.9 Å². The summed E-state index contributed by atoms with van der Waals surface area (Å²) in [5.41, 5.74) is 6.78. The first-order valence-electron chi connectivity index (χ1n) is 6.64. The van der Waals surface area contributed by atoms with Gasteiger partial charge < -0.3 is 11.1 Å². The van der Waals surface area contributed by atoms with Crippen LogP contribution < -0.4 is 11.1 Å². The minimum atomic E-state index is -2.84. The first-order valence-corrected chi connectivity index (χ1v) is 8.46. The van der Waals surface area contributed by atoms with E-state index < -0.39 is 9.84 Å². The Labute approximate surface area is 114 Å². The van der Waals surface area contributed by atoms with Crippen molar-refractivity contribution < 1.29 is 8.42 Å². The van der Waals surface area contributed by atoms with Crippen LogP contribution in [0.5, 0.6) is 0 Å². The van der Waals surface area contributed by atoms with Crippen molar-refractivity contribution in [2.45, 2.75) is 25.8 Å². The van der Waals surface area contributed by atoms with Gasteiger partial charge in [-0.25, -0.2) is 13.4 Å². The van der Waals surface area contributed by atoms with Crippen molar-refractivity contribution in [2.75, 3.05) is 23.8 Å². The smallest absolute Gasteiger partial charge is 0.150 e. The third-order valence-corrected chi connectivity index (χ3v) is 5.40. The second-order valence-electron chi connectivity index (χ2n) is 5.12. The number of anilines is 1. The molecule has 1 saturated heterocycles. The number of aromatic nitrogens is 1. The number of nitrogens with zero attached hydrogens (tertiary/aromatic N) is 1. The number of hydrogen-bond acceptors (Lipinski definition) is 5. The first kappa shape index (κ1) is 14.3. The highest BCUT2D eigenvalue weighted by atomic mass is 32.2. The van der Waals surface area contributed by atoms with Crippen LogP contribution in [-0.2, 0) is 16.3 Å². The van der Waals surface area contributed by atoms with Crippen molar-refractivity contribution in [3.8, 4) is 0 Å². The molecule has 0 aliphatic carbocycles. The summed E-state index contributed by atoms with van der Waals surface area (Å²) in [6, 6.07) is 3.97. The van der Waals surface area contributed by atoms with E-state index in [1.807, 2.05) is 19.1 Å². The Balaban J connectivity index is 2.08. The fourth-order valence-electron chi connectivity index (χ4n) is 2.68. The zero-order valence-electron chi connectivity index (χ0n) is 11.2. The number of hydrogen-bond donors (Lipinski definition) is 2. The summed E-state index contributed by atoms with van der Waals surface area (Å²) in [4.78, 5) is 3.98. The maximum atomic E-state index is 11.6. The van der Waals surface area contributed by atoms with Gasteiger partial charge in [-0.3, -0.25) is 0 Å². The van der Waals surface area contributed by atoms with Crippen LogP contribution in [0.4, 0.5) is 5.82 Å². The first-order chi connectivity index (χ1) is 9.00. The molecule has 106 valence electrons. The molecule has 1 fully saturated rings. The Morgan fingerprint density at radius 3 is 2.95 bits per heavy atom. The number of pyridine rings is 1. The van der Waals surface area contributed by atoms with Crippen molar-refractivity contribution in [1.29, 1.82) is 0 Å². The minimum absolute atomic E-state index is 0.184. The maximum Gasteiger partial charge on any atom is 0.150 e. The van der Waals surface area contributed by atoms with Gasteiger partial charge in [-0.1, -0.05) is 6.92 Å². The Bertz CT molecular complexity index is 530. The molecular formula is C13H21N3O2S. The molecule has 2 unspecified atom stereocenters. The molecule has 0 saturated carbocycles. The van der Waals surface area contributed by atoms with Crippen LogP contribution in [0.25, 0.3) is 0 Å². The quantitative estimate of drug-likeness (QED) is 0.827. The topological polar surface area (TPSA) is 85.1 Å². The maximum absolute atomic E-state index is 11.6. The Kier molecular flexibility index (Phi) is 4.42. The van der Waals surface area contributed by atoms with Crippen molar-refractivity contribution >= 4 is 15.7 Å². The molecule has 0 spiro atoms. The largest absolute Gasteiger partial charge is 0.384 e. The van der Waals surface area contributed by atoms with E-state index in [2.05, 4.69) is 10.3 Å². The van der Waals surface area contributed by atoms with Crippen LogP contribution >= 0.6 is 0 Å². The lowest BCUT2D eigenvalue weighted by Crippen LogP contribution is -2.38. The molecule has 0 bridgehead atoms. The van der Waals surface area contributed by atoms with Crippen LogP contribution in [0.1, 0.15) is 18.9 Å². The summed E-state index contributed by atoms with van der Waals surface area (Å²) in [6.07, 6.45) is 3.24. The van der Waals surface area contributed by atoms with Gasteiger partial charge in [0.2, 0.25) is 0 Å². The summed E-state index contributed by atoms with van der Waals surface area (Å²) >= 11 is 0. The van der Waals surface area contributed by atoms with Gasteiger partial charge in [-0.05, 0) is 43.0 Å². The Morgan fingerprint density at radius 2 is 2.37 bits per heavy atom. The number of nitrogens with one attached hydrogen (secondary N) is 1. The van der Waals surface area contributed by atoms with Gasteiger partial charge in [-0.15, -0.1) is 0 Å². The van der Waals surface area contributed by atoms with Crippen LogP contribution in [-0.4, -0.2) is 37.5 Å². The van der Waals surface area contributed by atoms with Gasteiger partial charge >= 0.3 is 0 Å². The number of nitrogen functional groups attached to an aromatic ring is 1. The third kappa shape index (κ3) is 3.91. The zero-order valence-corrected chi connectivity index (χ0v) is 12.0. The molecule has 1 aliphatic heterocycles. The van der Waals surface area contributed by atoms with Crippen LogP contribution in [0.15, 0.2) is 18.3 Å². The van der Waals surface area contributed by atoms with E-state index in [9.17, 15) is 8.42 Å². The van der Waals surface area contributed by atoms with Crippen molar-refractivity contribution in [2.24, 2.45) is 5.92 Å². The molecule has 0 radical (unpaired) electrons. The summed E-state index contributed by atoms with van der Waals surface area (Å²) < 4.78 is 23.2. The SMILES string of the molecule is CCNC(Cc1ccnc(N)c1)C1CCS(=O)(=O)C1. The van der Waals surface area contributed by atoms with Crippen molar-refractivity contribution in [1.82, 2.24) is 10.3 Å². The normalized spacial score (nSPS) is 23.3. The second-order valence-corrected chi connectivity index (χ2v) is 7.35. The van der Waals surface area contributed by atoms with Gasteiger partial charge in [-0.2, -0.15) is 0 Å². The molecule has 0 aromatic carbocycles. The van der Waals surface area contributed by atoms with E-state index in [0.29, 0.717) is 17.3 Å². The van der Waals surface area contributed by atoms with E-state index in [0.717, 1.165) is 24.9 Å². The third-order valence-electron chi connectivity index (χ3n) is 3.60. The molecule has 5 nitrogen and oxygen atoms in total. The highest BCUT2D eigenvalue weighted by molar-refractivity contribution is 7.91. The van der Waals surface area contributed by atoms with Gasteiger partial charge in [0, 0.05) is 12.2 Å². The predicted octanol–water partition coefficient (Wildman–Crippen LogP) is 0.619. The molecule has 2 rings (SSSR count). The minimum Gasteiger partial charge on any atom is -0.384 e. The predicted molar refractivity (Wildman–Crippen MR) is 76.6 cm³/mol. The standard InChI is InChI=1S/C13H21N3O2S/c1-2-15-12(11-4-6-19(17,18)9-11)7-10-3-5-16-13(14)8-10/h3,5,8,11-12,15H,2,4,6-7,9H2,1H3,(H2,14,16). The highest BCUT2D eigenvalue weighted by Gasteiger charge is 2.33. The van der Waals surface area contributed by atoms with Crippen LogP contribution in [0.3, 0.4) is 0 Å². The molecule has 2 atom stereocenters. The summed E-state index contributed by atoms with van der Waals surface area (Å²) in [5.74, 6) is 1.31. The Morgan fingerprint density at radius 1 is 1.58 bits per heavy atom. The number of nitrogens with two attached hydrogens (primary N) is 1. The van der Waals surface area contributed by atoms with Crippen molar-refractivity contribution in [3.63, 3.8) is 0 Å². The molecule has 3 N–H and O–H groups in total. The number of likely N-dealkylation sites (N-methyl/N-ethyl adjacent to an activating group) is 1. The van der Waals surface area contributed by atoms with E-state index >= 15 is 0 Å². The lowest BCUT2D eigenvalue weighted by molar-refractivity contribution is 0.386. The summed E-state index contributed by atoms with van der Waals surface area (Å²) in [6.45, 7) is 2.87. The molecular weight excluding hydrogens is 262 g/mol. The molecule has 2 heterocycles. The van der Waals surface area contributed by atoms with Gasteiger partial charge in [0.05, 0.1) is 11.5 Å². The van der Waals surface area contributed by atoms with Gasteiger partial charge in [0.25, 0.3) is 0 Å². The zero-order chi connectivity index (χ0) is 13.9. The van der Waals surface area contributed by atoms with Gasteiger partial charge in [0.15, 0.2) is 9.84 Å². The Hall–Kier alpha value is -1.14. The fraction of sp³-hybridized carbons (Fsp3) is 0.615. The van der Waals surface area contributed by atoms with E-state index in [1.165, 1.54) is 0 Å². The fourth-order valence-corrected chi connectivity index (χ4v) is 4.56. The van der Waals surface area contributed by atoms with E-state index in [-0.39, 0.29) is 12.0 Å². The average Bonchev–Trinajstić information content (AvgIpc) is 2.69. The highest BCUT2D eigenvalue weighted by Crippen LogP contribution is 2.24. The van der Waals surface area contributed by atoms with Gasteiger partial charge in [0.1, 0.15) is 5.82 Å². The number of sulfone groups is 1.